The predicted octanol–water partition coefficient (Wildman–Crippen LogP) is 5.47. The van der Waals surface area contributed by atoms with Crippen LogP contribution in [0.2, 0.25) is 0 Å². The van der Waals surface area contributed by atoms with E-state index in [9.17, 15) is 4.79 Å². The summed E-state index contributed by atoms with van der Waals surface area (Å²) in [6.07, 6.45) is 3.35. The molecule has 0 radical (unpaired) electrons. The third-order valence-corrected chi connectivity index (χ3v) is 8.27. The van der Waals surface area contributed by atoms with Crippen molar-refractivity contribution in [3.8, 4) is 28.6 Å². The molecule has 5 rings (SSSR count). The molecule has 2 unspecified atom stereocenters. The number of aromatic nitrogens is 3. The van der Waals surface area contributed by atoms with Gasteiger partial charge < -0.3 is 14.4 Å². The molecule has 0 N–H and O–H groups in total. The third-order valence-electron chi connectivity index (χ3n) is 7.35. The first-order valence-electron chi connectivity index (χ1n) is 12.4. The van der Waals surface area contributed by atoms with Crippen LogP contribution in [-0.4, -0.2) is 58.1 Å². The molecule has 190 valence electrons. The number of amides is 1. The van der Waals surface area contributed by atoms with Gasteiger partial charge in [0.2, 0.25) is 5.91 Å². The number of nitrogens with zero attached hydrogens (tertiary/aromatic N) is 4. The van der Waals surface area contributed by atoms with Crippen LogP contribution in [0.3, 0.4) is 0 Å². The number of rotatable bonds is 7. The van der Waals surface area contributed by atoms with Gasteiger partial charge in [-0.1, -0.05) is 44.7 Å². The SMILES string of the molecule is COc1ccc(-n2c(SCC(=O)N3CC4(C)CC3CC(C)(C)C4)nnc2-c2cccc(OC)c2)cc1. The number of methoxy groups -OCH3 is 2. The fourth-order valence-corrected chi connectivity index (χ4v) is 7.08. The molecule has 36 heavy (non-hydrogen) atoms. The highest BCUT2D eigenvalue weighted by atomic mass is 32.2. The largest absolute Gasteiger partial charge is 0.497 e. The predicted molar refractivity (Wildman–Crippen MR) is 142 cm³/mol. The lowest BCUT2D eigenvalue weighted by Gasteiger charge is -2.39. The van der Waals surface area contributed by atoms with E-state index >= 15 is 0 Å². The van der Waals surface area contributed by atoms with Crippen molar-refractivity contribution in [1.82, 2.24) is 19.7 Å². The second-order valence-electron chi connectivity index (χ2n) is 11.1. The Balaban J connectivity index is 1.42. The number of fused-ring (bicyclic) bond motifs is 2. The van der Waals surface area contributed by atoms with Crippen molar-refractivity contribution in [3.05, 3.63) is 48.5 Å². The number of carbonyl (C=O) groups is 1. The second kappa shape index (κ2) is 9.47. The van der Waals surface area contributed by atoms with Crippen LogP contribution in [0, 0.1) is 10.8 Å². The molecule has 2 heterocycles. The van der Waals surface area contributed by atoms with Gasteiger partial charge >= 0.3 is 0 Å². The number of thioether (sulfide) groups is 1. The van der Waals surface area contributed by atoms with Gasteiger partial charge in [0.1, 0.15) is 11.5 Å². The standard InChI is InChI=1S/C28H34N4O3S/c1-27(2)14-21-15-28(3,17-27)18-31(21)24(33)16-36-26-30-29-25(19-7-6-8-23(13-19)35-5)32(26)20-9-11-22(34-4)12-10-20/h6-13,21H,14-18H2,1-5H3. The Kier molecular flexibility index (Phi) is 6.49. The highest BCUT2D eigenvalue weighted by Gasteiger charge is 2.50. The molecule has 2 aromatic carbocycles. The molecule has 3 aromatic rings. The Morgan fingerprint density at radius 2 is 1.78 bits per heavy atom. The van der Waals surface area contributed by atoms with Gasteiger partial charge in [-0.05, 0) is 66.5 Å². The average Bonchev–Trinajstić information content (AvgIpc) is 3.39. The van der Waals surface area contributed by atoms with Crippen molar-refractivity contribution in [2.45, 2.75) is 51.2 Å². The number of hydrogen-bond acceptors (Lipinski definition) is 6. The van der Waals surface area contributed by atoms with Gasteiger partial charge in [0, 0.05) is 23.8 Å². The van der Waals surface area contributed by atoms with Crippen molar-refractivity contribution in [3.63, 3.8) is 0 Å². The zero-order chi connectivity index (χ0) is 25.5. The van der Waals surface area contributed by atoms with Crippen molar-refractivity contribution in [1.29, 1.82) is 0 Å². The molecule has 1 saturated carbocycles. The van der Waals surface area contributed by atoms with E-state index in [-0.39, 0.29) is 16.7 Å². The van der Waals surface area contributed by atoms with E-state index in [1.165, 1.54) is 18.2 Å². The minimum absolute atomic E-state index is 0.179. The fourth-order valence-electron chi connectivity index (χ4n) is 6.24. The molecule has 1 aliphatic carbocycles. The quantitative estimate of drug-likeness (QED) is 0.396. The van der Waals surface area contributed by atoms with Gasteiger partial charge in [-0.2, -0.15) is 0 Å². The lowest BCUT2D eigenvalue weighted by atomic mass is 9.65. The minimum Gasteiger partial charge on any atom is -0.497 e. The molecule has 8 heteroatoms. The summed E-state index contributed by atoms with van der Waals surface area (Å²) in [6.45, 7) is 7.85. The molecule has 2 fully saturated rings. The van der Waals surface area contributed by atoms with Gasteiger partial charge in [0.25, 0.3) is 0 Å². The van der Waals surface area contributed by atoms with Crippen LogP contribution >= 0.6 is 11.8 Å². The third kappa shape index (κ3) is 4.83. The molecule has 2 aliphatic rings. The zero-order valence-corrected chi connectivity index (χ0v) is 22.5. The first-order chi connectivity index (χ1) is 17.2. The van der Waals surface area contributed by atoms with Crippen LogP contribution in [0.1, 0.15) is 40.0 Å². The van der Waals surface area contributed by atoms with Crippen LogP contribution in [0.4, 0.5) is 0 Å². The lowest BCUT2D eigenvalue weighted by Crippen LogP contribution is -2.38. The molecule has 1 amide bonds. The molecule has 0 spiro atoms. The van der Waals surface area contributed by atoms with Crippen LogP contribution in [0.5, 0.6) is 11.5 Å². The van der Waals surface area contributed by atoms with Gasteiger partial charge in [-0.3, -0.25) is 9.36 Å². The van der Waals surface area contributed by atoms with Crippen LogP contribution < -0.4 is 9.47 Å². The summed E-state index contributed by atoms with van der Waals surface area (Å²) in [5.41, 5.74) is 2.29. The summed E-state index contributed by atoms with van der Waals surface area (Å²) < 4.78 is 12.8. The molecule has 2 bridgehead atoms. The number of benzene rings is 2. The summed E-state index contributed by atoms with van der Waals surface area (Å²) in [4.78, 5) is 15.5. The Hall–Kier alpha value is -3.00. The molecule has 1 saturated heterocycles. The van der Waals surface area contributed by atoms with Crippen LogP contribution in [0.15, 0.2) is 53.7 Å². The van der Waals surface area contributed by atoms with Gasteiger partial charge in [0.05, 0.1) is 20.0 Å². The molecular weight excluding hydrogens is 472 g/mol. The number of hydrogen-bond donors (Lipinski definition) is 0. The van der Waals surface area contributed by atoms with E-state index in [1.807, 2.05) is 53.1 Å². The van der Waals surface area contributed by atoms with E-state index in [2.05, 4.69) is 35.9 Å². The maximum absolute atomic E-state index is 13.4. The monoisotopic (exact) mass is 506 g/mol. The normalized spacial score (nSPS) is 22.5. The van der Waals surface area contributed by atoms with Gasteiger partial charge in [0.15, 0.2) is 11.0 Å². The molecule has 1 aromatic heterocycles. The lowest BCUT2D eigenvalue weighted by molar-refractivity contribution is -0.129. The van der Waals surface area contributed by atoms with E-state index in [4.69, 9.17) is 9.47 Å². The second-order valence-corrected chi connectivity index (χ2v) is 12.0. The Bertz CT molecular complexity index is 1260. The maximum Gasteiger partial charge on any atom is 0.233 e. The molecule has 2 atom stereocenters. The Morgan fingerprint density at radius 3 is 2.50 bits per heavy atom. The first-order valence-corrected chi connectivity index (χ1v) is 13.4. The molecule has 7 nitrogen and oxygen atoms in total. The van der Waals surface area contributed by atoms with E-state index < -0.39 is 0 Å². The molecular formula is C28H34N4O3S. The Morgan fingerprint density at radius 1 is 1.03 bits per heavy atom. The van der Waals surface area contributed by atoms with Crippen molar-refractivity contribution >= 4 is 17.7 Å². The highest BCUT2D eigenvalue weighted by Crippen LogP contribution is 2.52. The van der Waals surface area contributed by atoms with E-state index in [1.54, 1.807) is 14.2 Å². The van der Waals surface area contributed by atoms with E-state index in [0.29, 0.717) is 22.8 Å². The smallest absolute Gasteiger partial charge is 0.233 e. The van der Waals surface area contributed by atoms with Crippen molar-refractivity contribution in [2.75, 3.05) is 26.5 Å². The van der Waals surface area contributed by atoms with Crippen molar-refractivity contribution < 1.29 is 14.3 Å². The first kappa shape index (κ1) is 24.7. The van der Waals surface area contributed by atoms with Gasteiger partial charge in [-0.15, -0.1) is 10.2 Å². The fraction of sp³-hybridized carbons (Fsp3) is 0.464. The average molecular weight is 507 g/mol. The Labute approximate surface area is 217 Å². The number of likely N-dealkylation sites (tertiary alicyclic amines) is 1. The number of ether oxygens (including phenoxy) is 2. The van der Waals surface area contributed by atoms with Crippen molar-refractivity contribution in [2.24, 2.45) is 10.8 Å². The minimum atomic E-state index is 0.179. The van der Waals surface area contributed by atoms with Crippen LogP contribution in [-0.2, 0) is 4.79 Å². The van der Waals surface area contributed by atoms with E-state index in [0.717, 1.165) is 42.1 Å². The summed E-state index contributed by atoms with van der Waals surface area (Å²) in [7, 11) is 3.30. The molecule has 1 aliphatic heterocycles. The zero-order valence-electron chi connectivity index (χ0n) is 21.7. The van der Waals surface area contributed by atoms with Crippen LogP contribution in [0.25, 0.3) is 17.1 Å². The maximum atomic E-state index is 13.4. The topological polar surface area (TPSA) is 69.5 Å². The summed E-state index contributed by atoms with van der Waals surface area (Å²) in [5.74, 6) is 2.73. The summed E-state index contributed by atoms with van der Waals surface area (Å²) in [5, 5.41) is 9.70. The number of carbonyl (C=O) groups excluding carboxylic acids is 1. The summed E-state index contributed by atoms with van der Waals surface area (Å²) in [6, 6.07) is 15.9. The summed E-state index contributed by atoms with van der Waals surface area (Å²) >= 11 is 1.44. The highest BCUT2D eigenvalue weighted by molar-refractivity contribution is 7.99. The van der Waals surface area contributed by atoms with Gasteiger partial charge in [-0.25, -0.2) is 0 Å².